The lowest BCUT2D eigenvalue weighted by Crippen LogP contribution is -2.19. The fraction of sp³-hybridized carbons (Fsp3) is 0.0526. The molecule has 25 heavy (non-hydrogen) atoms. The van der Waals surface area contributed by atoms with Crippen molar-refractivity contribution in [2.75, 3.05) is 0 Å². The van der Waals surface area contributed by atoms with Crippen LogP contribution in [0.25, 0.3) is 27.2 Å². The molecule has 0 amide bonds. The van der Waals surface area contributed by atoms with Crippen molar-refractivity contribution < 1.29 is 24.6 Å². The van der Waals surface area contributed by atoms with Crippen LogP contribution in [0.3, 0.4) is 0 Å². The lowest BCUT2D eigenvalue weighted by Gasteiger charge is -2.18. The Morgan fingerprint density at radius 1 is 0.960 bits per heavy atom. The van der Waals surface area contributed by atoms with Crippen LogP contribution in [0.4, 0.5) is 0 Å². The molecule has 0 fully saturated rings. The van der Waals surface area contributed by atoms with E-state index in [-0.39, 0.29) is 28.9 Å². The van der Waals surface area contributed by atoms with Crippen molar-refractivity contribution in [3.63, 3.8) is 0 Å². The molecule has 0 aliphatic heterocycles. The molecule has 2 aromatic carbocycles. The number of ketones is 1. The van der Waals surface area contributed by atoms with E-state index in [1.54, 1.807) is 12.1 Å². The first kappa shape index (κ1) is 15.0. The first-order chi connectivity index (χ1) is 12.0. The smallest absolute Gasteiger partial charge is 0.355 e. The molecule has 122 valence electrons. The molecular weight excluding hydrogens is 322 g/mol. The van der Waals surface area contributed by atoms with Gasteiger partial charge in [-0.3, -0.25) is 4.79 Å². The van der Waals surface area contributed by atoms with Crippen LogP contribution in [-0.2, 0) is 4.79 Å². The van der Waals surface area contributed by atoms with Crippen molar-refractivity contribution in [2.45, 2.75) is 6.42 Å². The maximum absolute atomic E-state index is 12.5. The molecule has 0 spiro atoms. The highest BCUT2D eigenvalue weighted by atomic mass is 16.4. The molecule has 1 heterocycles. The fourth-order valence-electron chi connectivity index (χ4n) is 3.25. The van der Waals surface area contributed by atoms with E-state index < -0.39 is 17.6 Å². The van der Waals surface area contributed by atoms with Crippen molar-refractivity contribution in [1.82, 2.24) is 4.98 Å². The topological polar surface area (TPSA) is 105 Å². The summed E-state index contributed by atoms with van der Waals surface area (Å²) in [6.07, 6.45) is 1.16. The second-order valence-corrected chi connectivity index (χ2v) is 5.78. The summed E-state index contributed by atoms with van der Waals surface area (Å²) in [6, 6.07) is 10.9. The number of hydrogen-bond donors (Lipinski definition) is 2. The highest BCUT2D eigenvalue weighted by Crippen LogP contribution is 2.35. The number of allylic oxidation sites excluding steroid dienone is 1. The van der Waals surface area contributed by atoms with Gasteiger partial charge in [0.2, 0.25) is 0 Å². The van der Waals surface area contributed by atoms with Gasteiger partial charge in [0.05, 0.1) is 11.1 Å². The molecule has 0 atom stereocenters. The number of nitrogens with zero attached hydrogens (tertiary/aromatic N) is 1. The van der Waals surface area contributed by atoms with Gasteiger partial charge in [-0.2, -0.15) is 0 Å². The van der Waals surface area contributed by atoms with Gasteiger partial charge in [-0.25, -0.2) is 14.6 Å². The average molecular weight is 333 g/mol. The maximum Gasteiger partial charge on any atom is 0.355 e. The zero-order chi connectivity index (χ0) is 17.7. The summed E-state index contributed by atoms with van der Waals surface area (Å²) in [5.41, 5.74) is -0.254. The number of carbonyl (C=O) groups is 3. The first-order valence-electron chi connectivity index (χ1n) is 7.54. The third-order valence-electron chi connectivity index (χ3n) is 4.33. The van der Waals surface area contributed by atoms with Gasteiger partial charge in [0.25, 0.3) is 0 Å². The standard InChI is InChI=1S/C19H11NO5/c21-14-6-5-11(18(22)23)16-15(14)12-7-9-3-1-2-4-10(9)8-13(12)20-17(16)19(24)25/h1-5,7-8H,6H2,(H,22,23)(H,24,25). The third-order valence-corrected chi connectivity index (χ3v) is 4.33. The van der Waals surface area contributed by atoms with Crippen molar-refractivity contribution >= 4 is 45.0 Å². The van der Waals surface area contributed by atoms with E-state index in [0.717, 1.165) is 10.8 Å². The predicted molar refractivity (Wildman–Crippen MR) is 90.8 cm³/mol. The summed E-state index contributed by atoms with van der Waals surface area (Å²) in [7, 11) is 0. The normalized spacial score (nSPS) is 13.6. The van der Waals surface area contributed by atoms with Crippen molar-refractivity contribution in [3.05, 3.63) is 59.3 Å². The van der Waals surface area contributed by atoms with E-state index in [0.29, 0.717) is 10.9 Å². The number of fused-ring (bicyclic) bond motifs is 4. The van der Waals surface area contributed by atoms with E-state index in [1.165, 1.54) is 6.08 Å². The lowest BCUT2D eigenvalue weighted by molar-refractivity contribution is -0.130. The van der Waals surface area contributed by atoms with Crippen LogP contribution in [0.2, 0.25) is 0 Å². The summed E-state index contributed by atoms with van der Waals surface area (Å²) in [4.78, 5) is 39.9. The van der Waals surface area contributed by atoms with Crippen LogP contribution in [0, 0.1) is 0 Å². The molecule has 0 unspecified atom stereocenters. The molecule has 0 saturated carbocycles. The van der Waals surface area contributed by atoms with E-state index in [4.69, 9.17) is 0 Å². The van der Waals surface area contributed by atoms with Crippen LogP contribution in [-0.4, -0.2) is 32.9 Å². The molecule has 0 saturated heterocycles. The molecule has 6 nitrogen and oxygen atoms in total. The first-order valence-corrected chi connectivity index (χ1v) is 7.54. The number of aromatic carboxylic acids is 1. The number of aromatic nitrogens is 1. The summed E-state index contributed by atoms with van der Waals surface area (Å²) < 4.78 is 0. The monoisotopic (exact) mass is 333 g/mol. The van der Waals surface area contributed by atoms with Crippen LogP contribution < -0.4 is 0 Å². The minimum atomic E-state index is -1.37. The summed E-state index contributed by atoms with van der Waals surface area (Å²) in [5, 5.41) is 21.1. The van der Waals surface area contributed by atoms with Gasteiger partial charge in [-0.15, -0.1) is 0 Å². The maximum atomic E-state index is 12.5. The van der Waals surface area contributed by atoms with E-state index >= 15 is 0 Å². The number of rotatable bonds is 2. The van der Waals surface area contributed by atoms with E-state index in [9.17, 15) is 24.6 Å². The zero-order valence-corrected chi connectivity index (χ0v) is 12.8. The molecule has 1 aliphatic carbocycles. The summed E-state index contributed by atoms with van der Waals surface area (Å²) in [6.45, 7) is 0. The van der Waals surface area contributed by atoms with Gasteiger partial charge in [0.1, 0.15) is 0 Å². The molecule has 0 radical (unpaired) electrons. The number of carboxylic acids is 2. The number of carboxylic acid groups (broad SMARTS) is 2. The number of Topliss-reactive ketones (excluding diaryl/α,β-unsaturated/α-hetero) is 1. The molecule has 0 bridgehead atoms. The van der Waals surface area contributed by atoms with Gasteiger partial charge in [0, 0.05) is 22.9 Å². The van der Waals surface area contributed by atoms with Crippen LogP contribution in [0.15, 0.2) is 42.5 Å². The van der Waals surface area contributed by atoms with Crippen LogP contribution in [0.1, 0.15) is 32.8 Å². The molecule has 1 aromatic heterocycles. The Morgan fingerprint density at radius 3 is 2.28 bits per heavy atom. The van der Waals surface area contributed by atoms with Gasteiger partial charge < -0.3 is 10.2 Å². The highest BCUT2D eigenvalue weighted by Gasteiger charge is 2.31. The average Bonchev–Trinajstić information content (AvgIpc) is 2.59. The molecule has 6 heteroatoms. The molecular formula is C19H11NO5. The SMILES string of the molecule is O=C(O)C1=CCC(=O)c2c1c(C(=O)O)nc1cc3ccccc3cc21. The fourth-order valence-corrected chi connectivity index (χ4v) is 3.25. The second-order valence-electron chi connectivity index (χ2n) is 5.78. The van der Waals surface area contributed by atoms with Gasteiger partial charge >= 0.3 is 11.9 Å². The number of aliphatic carboxylic acids is 1. The minimum Gasteiger partial charge on any atom is -0.478 e. The quantitative estimate of drug-likeness (QED) is 0.698. The summed E-state index contributed by atoms with van der Waals surface area (Å²) in [5.74, 6) is -2.96. The minimum absolute atomic E-state index is 0.0837. The lowest BCUT2D eigenvalue weighted by atomic mass is 9.85. The molecule has 2 N–H and O–H groups in total. The Balaban J connectivity index is 2.22. The van der Waals surface area contributed by atoms with Crippen LogP contribution in [0.5, 0.6) is 0 Å². The molecule has 3 aromatic rings. The van der Waals surface area contributed by atoms with Gasteiger partial charge in [-0.1, -0.05) is 30.3 Å². The molecule has 4 rings (SSSR count). The number of carbonyl (C=O) groups excluding carboxylic acids is 1. The zero-order valence-electron chi connectivity index (χ0n) is 12.8. The highest BCUT2D eigenvalue weighted by molar-refractivity contribution is 6.27. The van der Waals surface area contributed by atoms with E-state index in [2.05, 4.69) is 4.98 Å². The Hall–Kier alpha value is -3.54. The summed E-state index contributed by atoms with van der Waals surface area (Å²) >= 11 is 0. The predicted octanol–water partition coefficient (Wildman–Crippen LogP) is 3.14. The number of benzene rings is 2. The Labute approximate surface area is 141 Å². The second kappa shape index (κ2) is 5.24. The Morgan fingerprint density at radius 2 is 1.64 bits per heavy atom. The van der Waals surface area contributed by atoms with E-state index in [1.807, 2.05) is 24.3 Å². The van der Waals surface area contributed by atoms with Crippen molar-refractivity contribution in [1.29, 1.82) is 0 Å². The largest absolute Gasteiger partial charge is 0.478 e. The number of pyridine rings is 1. The number of hydrogen-bond acceptors (Lipinski definition) is 4. The third kappa shape index (κ3) is 2.19. The Kier molecular flexibility index (Phi) is 3.15. The Bertz CT molecular complexity index is 1140. The van der Waals surface area contributed by atoms with Gasteiger partial charge in [0.15, 0.2) is 11.5 Å². The van der Waals surface area contributed by atoms with Crippen molar-refractivity contribution in [3.8, 4) is 0 Å². The van der Waals surface area contributed by atoms with Crippen LogP contribution >= 0.6 is 0 Å². The van der Waals surface area contributed by atoms with Gasteiger partial charge in [-0.05, 0) is 22.9 Å². The molecule has 1 aliphatic rings. The van der Waals surface area contributed by atoms with Crippen molar-refractivity contribution in [2.24, 2.45) is 0 Å².